The number of halogens is 1. The second-order valence-corrected chi connectivity index (χ2v) is 7.41. The van der Waals surface area contributed by atoms with Crippen LogP contribution >= 0.6 is 11.6 Å². The Morgan fingerprint density at radius 3 is 2.29 bits per heavy atom. The smallest absolute Gasteiger partial charge is 0.314 e. The van der Waals surface area contributed by atoms with Crippen molar-refractivity contribution in [3.63, 3.8) is 0 Å². The van der Waals surface area contributed by atoms with Gasteiger partial charge in [0.15, 0.2) is 0 Å². The summed E-state index contributed by atoms with van der Waals surface area (Å²) >= 11 is 5.60. The van der Waals surface area contributed by atoms with Gasteiger partial charge in [0.25, 0.3) is 0 Å². The highest BCUT2D eigenvalue weighted by atomic mass is 35.5. The van der Waals surface area contributed by atoms with Crippen LogP contribution in [-0.2, 0) is 28.8 Å². The summed E-state index contributed by atoms with van der Waals surface area (Å²) < 4.78 is 54.8. The maximum Gasteiger partial charge on any atom is 0.314 e. The minimum absolute atomic E-state index is 0.160. The van der Waals surface area contributed by atoms with Crippen molar-refractivity contribution in [1.82, 2.24) is 15.0 Å². The van der Waals surface area contributed by atoms with Gasteiger partial charge < -0.3 is 5.32 Å². The molecular formula is C9H9ClN6O6S2. The Balaban J connectivity index is 2.62. The van der Waals surface area contributed by atoms with Crippen LogP contribution in [0.25, 0.3) is 0 Å². The minimum atomic E-state index is -4.38. The molecule has 0 aliphatic heterocycles. The molecule has 0 spiro atoms. The molecule has 1 aromatic carbocycles. The Hall–Kier alpha value is -1.94. The van der Waals surface area contributed by atoms with Crippen LogP contribution in [-0.4, -0.2) is 31.8 Å². The summed E-state index contributed by atoms with van der Waals surface area (Å²) in [5.41, 5.74) is -0.277. The fourth-order valence-corrected chi connectivity index (χ4v) is 2.99. The van der Waals surface area contributed by atoms with Gasteiger partial charge in [0.2, 0.25) is 11.2 Å². The predicted octanol–water partition coefficient (Wildman–Crippen LogP) is -0.573. The third kappa shape index (κ3) is 3.93. The van der Waals surface area contributed by atoms with Gasteiger partial charge >= 0.3 is 20.2 Å². The predicted molar refractivity (Wildman–Crippen MR) is 79.5 cm³/mol. The molecule has 12 nitrogen and oxygen atoms in total. The van der Waals surface area contributed by atoms with Gasteiger partial charge in [-0.1, -0.05) is 0 Å². The molecule has 1 heterocycles. The van der Waals surface area contributed by atoms with E-state index in [-0.39, 0.29) is 16.9 Å². The molecule has 2 rings (SSSR count). The van der Waals surface area contributed by atoms with E-state index in [9.17, 15) is 16.8 Å². The number of nitrogens with two attached hydrogens (primary N) is 2. The number of anilines is 2. The fraction of sp³-hybridized carbons (Fsp3) is 0. The molecule has 0 aliphatic carbocycles. The van der Waals surface area contributed by atoms with Crippen molar-refractivity contribution >= 4 is 43.5 Å². The van der Waals surface area contributed by atoms with E-state index in [4.69, 9.17) is 17.5 Å². The van der Waals surface area contributed by atoms with Crippen molar-refractivity contribution in [2.24, 2.45) is 11.8 Å². The van der Waals surface area contributed by atoms with Crippen molar-refractivity contribution in [2.45, 2.75) is 9.79 Å². The lowest BCUT2D eigenvalue weighted by Gasteiger charge is -2.11. The summed E-state index contributed by atoms with van der Waals surface area (Å²) in [6.07, 6.45) is 1.05. The van der Waals surface area contributed by atoms with Crippen molar-refractivity contribution in [3.8, 4) is 0 Å². The zero-order chi connectivity index (χ0) is 18.0. The van der Waals surface area contributed by atoms with E-state index < -0.39 is 30.0 Å². The molecule has 1 aromatic heterocycles. The van der Waals surface area contributed by atoms with E-state index in [1.165, 1.54) is 0 Å². The van der Waals surface area contributed by atoms with Gasteiger partial charge in [-0.05, 0) is 29.8 Å². The molecule has 0 saturated heterocycles. The molecule has 0 bridgehead atoms. The Bertz CT molecular complexity index is 966. The van der Waals surface area contributed by atoms with Gasteiger partial charge in [-0.3, -0.25) is 0 Å². The van der Waals surface area contributed by atoms with Crippen LogP contribution < -0.4 is 17.1 Å². The molecule has 0 unspecified atom stereocenters. The van der Waals surface area contributed by atoms with Gasteiger partial charge in [-0.2, -0.15) is 42.2 Å². The maximum atomic E-state index is 11.8. The van der Waals surface area contributed by atoms with Crippen LogP contribution in [0.4, 0.5) is 11.6 Å². The standard InChI is InChI=1S/C9H9ClN6O6S2/c10-8-13-4-14-9(16-8)15-6-3-5(23(17,18)21-11)1-2-7(6)24(19,20)22-12/h1-4H,11-12H2,(H,13,14,15,16). The SMILES string of the molecule is NOS(=O)(=O)c1ccc(S(=O)(=O)ON)c(Nc2ncnc(Cl)n2)c1. The van der Waals surface area contributed by atoms with E-state index >= 15 is 0 Å². The first-order chi connectivity index (χ1) is 11.2. The number of nitrogens with one attached hydrogen (secondary N) is 1. The van der Waals surface area contributed by atoms with Gasteiger partial charge in [0.1, 0.15) is 11.2 Å². The summed E-state index contributed by atoms with van der Waals surface area (Å²) in [6, 6.07) is 2.75. The summed E-state index contributed by atoms with van der Waals surface area (Å²) in [4.78, 5) is 10.0. The second-order valence-electron chi connectivity index (χ2n) is 3.96. The minimum Gasteiger partial charge on any atom is -0.323 e. The van der Waals surface area contributed by atoms with Crippen molar-refractivity contribution in [2.75, 3.05) is 5.32 Å². The van der Waals surface area contributed by atoms with Gasteiger partial charge in [0, 0.05) is 0 Å². The number of aromatic nitrogens is 3. The van der Waals surface area contributed by atoms with Crippen LogP contribution in [0.2, 0.25) is 5.28 Å². The number of hydrogen-bond acceptors (Lipinski definition) is 12. The maximum absolute atomic E-state index is 11.8. The number of hydrogen-bond donors (Lipinski definition) is 3. The molecule has 0 atom stereocenters. The zero-order valence-corrected chi connectivity index (χ0v) is 13.8. The zero-order valence-electron chi connectivity index (χ0n) is 11.4. The quantitative estimate of drug-likeness (QED) is 0.527. The highest BCUT2D eigenvalue weighted by Crippen LogP contribution is 2.28. The molecular weight excluding hydrogens is 388 g/mol. The Morgan fingerprint density at radius 1 is 1.04 bits per heavy atom. The Kier molecular flexibility index (Phi) is 5.29. The van der Waals surface area contributed by atoms with Crippen LogP contribution in [0.5, 0.6) is 0 Å². The molecule has 5 N–H and O–H groups in total. The van der Waals surface area contributed by atoms with Crippen LogP contribution in [0.3, 0.4) is 0 Å². The number of nitrogens with zero attached hydrogens (tertiary/aromatic N) is 3. The molecule has 0 radical (unpaired) electrons. The summed E-state index contributed by atoms with van der Waals surface area (Å²) in [5, 5.41) is 2.29. The molecule has 15 heteroatoms. The van der Waals surface area contributed by atoms with Gasteiger partial charge in [0.05, 0.1) is 10.6 Å². The molecule has 2 aromatic rings. The van der Waals surface area contributed by atoms with E-state index in [1.807, 2.05) is 0 Å². The summed E-state index contributed by atoms with van der Waals surface area (Å²) in [7, 11) is -8.68. The Morgan fingerprint density at radius 2 is 1.71 bits per heavy atom. The van der Waals surface area contributed by atoms with Gasteiger partial charge in [-0.15, -0.1) is 0 Å². The van der Waals surface area contributed by atoms with E-state index in [0.717, 1.165) is 24.5 Å². The highest BCUT2D eigenvalue weighted by molar-refractivity contribution is 7.87. The number of benzene rings is 1. The fourth-order valence-electron chi connectivity index (χ4n) is 1.54. The average molecular weight is 397 g/mol. The van der Waals surface area contributed by atoms with Crippen LogP contribution in [0.15, 0.2) is 34.3 Å². The largest absolute Gasteiger partial charge is 0.323 e. The first-order valence-corrected chi connectivity index (χ1v) is 8.91. The average Bonchev–Trinajstić information content (AvgIpc) is 2.54. The lowest BCUT2D eigenvalue weighted by atomic mass is 10.3. The first-order valence-electron chi connectivity index (χ1n) is 5.72. The lowest BCUT2D eigenvalue weighted by Crippen LogP contribution is -2.15. The molecule has 0 aliphatic rings. The monoisotopic (exact) mass is 396 g/mol. The summed E-state index contributed by atoms with van der Waals surface area (Å²) in [6.45, 7) is 0. The molecule has 130 valence electrons. The van der Waals surface area contributed by atoms with E-state index in [0.29, 0.717) is 0 Å². The van der Waals surface area contributed by atoms with Crippen LogP contribution in [0, 0.1) is 0 Å². The topological polar surface area (TPSA) is 189 Å². The van der Waals surface area contributed by atoms with Crippen LogP contribution in [0.1, 0.15) is 0 Å². The molecule has 0 amide bonds. The van der Waals surface area contributed by atoms with Crippen molar-refractivity contribution in [1.29, 1.82) is 0 Å². The third-order valence-corrected chi connectivity index (χ3v) is 4.97. The normalized spacial score (nSPS) is 12.1. The summed E-state index contributed by atoms with van der Waals surface area (Å²) in [5.74, 6) is 9.26. The van der Waals surface area contributed by atoms with Gasteiger partial charge in [-0.25, -0.2) is 9.97 Å². The molecule has 24 heavy (non-hydrogen) atoms. The Labute approximate surface area is 140 Å². The van der Waals surface area contributed by atoms with E-state index in [2.05, 4.69) is 34.7 Å². The van der Waals surface area contributed by atoms with E-state index in [1.54, 1.807) is 0 Å². The third-order valence-electron chi connectivity index (χ3n) is 2.55. The molecule has 0 saturated carbocycles. The number of rotatable bonds is 6. The first kappa shape index (κ1) is 18.4. The molecule has 0 fully saturated rings. The highest BCUT2D eigenvalue weighted by Gasteiger charge is 2.23. The van der Waals surface area contributed by atoms with Crippen molar-refractivity contribution in [3.05, 3.63) is 29.8 Å². The second kappa shape index (κ2) is 6.89. The lowest BCUT2D eigenvalue weighted by molar-refractivity contribution is 0.331. The van der Waals surface area contributed by atoms with Crippen molar-refractivity contribution < 1.29 is 25.4 Å².